The molecule has 1 aromatic carbocycles. The highest BCUT2D eigenvalue weighted by Gasteiger charge is 2.25. The first-order valence-electron chi connectivity index (χ1n) is 8.59. The molecule has 3 heterocycles. The normalized spacial score (nSPS) is 11.6. The number of nitrogens with zero attached hydrogens (tertiary/aromatic N) is 3. The SMILES string of the molecule is CCc1nc2c(c(=O)n(C)c(=O)n2C)c2c(O)cc(-c3c(Cl)csc3Br)c(O)c12. The summed E-state index contributed by atoms with van der Waals surface area (Å²) >= 11 is 11.1. The third kappa shape index (κ3) is 2.72. The standard InChI is InChI=1S/C19H15BrClN3O4S/c1-4-9-12-13(14-17(22-9)23(2)19(28)24(3)18(14)27)10(25)5-7(15(12)26)11-8(21)6-29-16(11)20/h5-6,25-26H,4H2,1-3H3. The summed E-state index contributed by atoms with van der Waals surface area (Å²) in [4.78, 5) is 29.7. The molecule has 0 amide bonds. The Kier molecular flexibility index (Phi) is 4.71. The van der Waals surface area contributed by atoms with Gasteiger partial charge in [0.05, 0.1) is 25.3 Å². The number of phenols is 2. The van der Waals surface area contributed by atoms with Gasteiger partial charge in [0.15, 0.2) is 0 Å². The van der Waals surface area contributed by atoms with Crippen LogP contribution in [0.1, 0.15) is 12.6 Å². The molecule has 150 valence electrons. The Morgan fingerprint density at radius 2 is 1.86 bits per heavy atom. The van der Waals surface area contributed by atoms with Crippen LogP contribution in [-0.2, 0) is 20.5 Å². The highest BCUT2D eigenvalue weighted by atomic mass is 79.9. The molecule has 0 bridgehead atoms. The van der Waals surface area contributed by atoms with Gasteiger partial charge in [0.1, 0.15) is 17.1 Å². The molecule has 4 rings (SSSR count). The van der Waals surface area contributed by atoms with Gasteiger partial charge in [0.2, 0.25) is 0 Å². The second-order valence-corrected chi connectivity index (χ2v) is 9.20. The number of fused-ring (bicyclic) bond motifs is 3. The third-order valence-electron chi connectivity index (χ3n) is 5.00. The number of benzene rings is 1. The van der Waals surface area contributed by atoms with E-state index in [2.05, 4.69) is 20.9 Å². The maximum absolute atomic E-state index is 12.9. The van der Waals surface area contributed by atoms with Crippen molar-refractivity contribution in [2.24, 2.45) is 14.1 Å². The van der Waals surface area contributed by atoms with Crippen molar-refractivity contribution in [2.45, 2.75) is 13.3 Å². The van der Waals surface area contributed by atoms with E-state index in [9.17, 15) is 19.8 Å². The molecule has 0 fully saturated rings. The Bertz CT molecular complexity index is 1440. The number of aromatic hydroxyl groups is 2. The molecule has 0 aliphatic rings. The number of hydrogen-bond donors (Lipinski definition) is 2. The summed E-state index contributed by atoms with van der Waals surface area (Å²) in [6, 6.07) is 1.37. The van der Waals surface area contributed by atoms with Gasteiger partial charge in [-0.25, -0.2) is 9.78 Å². The number of aromatic nitrogens is 3. The van der Waals surface area contributed by atoms with E-state index in [1.54, 1.807) is 5.38 Å². The number of thiophene rings is 1. The van der Waals surface area contributed by atoms with Crippen molar-refractivity contribution in [1.29, 1.82) is 0 Å². The minimum Gasteiger partial charge on any atom is -0.507 e. The second-order valence-electron chi connectivity index (χ2n) is 6.59. The molecule has 0 saturated heterocycles. The Morgan fingerprint density at radius 3 is 2.45 bits per heavy atom. The van der Waals surface area contributed by atoms with Crippen molar-refractivity contribution < 1.29 is 10.2 Å². The summed E-state index contributed by atoms with van der Waals surface area (Å²) in [5, 5.41) is 24.7. The zero-order valence-electron chi connectivity index (χ0n) is 15.6. The molecule has 7 nitrogen and oxygen atoms in total. The molecule has 0 spiro atoms. The third-order valence-corrected chi connectivity index (χ3v) is 7.15. The molecular weight excluding hydrogens is 482 g/mol. The summed E-state index contributed by atoms with van der Waals surface area (Å²) < 4.78 is 2.90. The largest absolute Gasteiger partial charge is 0.507 e. The molecular formula is C19H15BrClN3O4S. The van der Waals surface area contributed by atoms with E-state index in [1.165, 1.54) is 36.1 Å². The lowest BCUT2D eigenvalue weighted by molar-refractivity contribution is 0.471. The molecule has 0 unspecified atom stereocenters. The van der Waals surface area contributed by atoms with E-state index in [1.807, 2.05) is 6.92 Å². The second kappa shape index (κ2) is 6.86. The Hall–Kier alpha value is -2.36. The predicted molar refractivity (Wildman–Crippen MR) is 118 cm³/mol. The molecule has 10 heteroatoms. The summed E-state index contributed by atoms with van der Waals surface area (Å²) in [6.45, 7) is 1.84. The van der Waals surface area contributed by atoms with Gasteiger partial charge >= 0.3 is 5.69 Å². The Morgan fingerprint density at radius 1 is 1.17 bits per heavy atom. The molecule has 3 aromatic heterocycles. The van der Waals surface area contributed by atoms with Crippen LogP contribution in [0.4, 0.5) is 0 Å². The summed E-state index contributed by atoms with van der Waals surface area (Å²) in [5.41, 5.74) is 0.353. The van der Waals surface area contributed by atoms with E-state index < -0.39 is 11.2 Å². The first kappa shape index (κ1) is 19.9. The molecule has 0 saturated carbocycles. The number of rotatable bonds is 2. The van der Waals surface area contributed by atoms with Crippen LogP contribution in [0.2, 0.25) is 5.02 Å². The van der Waals surface area contributed by atoms with Crippen molar-refractivity contribution in [2.75, 3.05) is 0 Å². The van der Waals surface area contributed by atoms with Crippen molar-refractivity contribution >= 4 is 60.7 Å². The summed E-state index contributed by atoms with van der Waals surface area (Å²) in [7, 11) is 2.87. The van der Waals surface area contributed by atoms with Crippen LogP contribution < -0.4 is 11.2 Å². The van der Waals surface area contributed by atoms with Gasteiger partial charge in [0.25, 0.3) is 5.56 Å². The van der Waals surface area contributed by atoms with Crippen LogP contribution in [0, 0.1) is 0 Å². The number of hydrogen-bond acceptors (Lipinski definition) is 6. The summed E-state index contributed by atoms with van der Waals surface area (Å²) in [5.74, 6) is -0.347. The molecule has 0 aliphatic heterocycles. The summed E-state index contributed by atoms with van der Waals surface area (Å²) in [6.07, 6.45) is 0.408. The monoisotopic (exact) mass is 495 g/mol. The van der Waals surface area contributed by atoms with Crippen molar-refractivity contribution in [3.63, 3.8) is 0 Å². The van der Waals surface area contributed by atoms with Gasteiger partial charge in [0, 0.05) is 36.0 Å². The van der Waals surface area contributed by atoms with Crippen LogP contribution in [-0.4, -0.2) is 24.3 Å². The smallest absolute Gasteiger partial charge is 0.332 e. The van der Waals surface area contributed by atoms with Crippen LogP contribution in [0.5, 0.6) is 11.5 Å². The maximum Gasteiger partial charge on any atom is 0.332 e. The van der Waals surface area contributed by atoms with Gasteiger partial charge in [-0.15, -0.1) is 11.3 Å². The fourth-order valence-corrected chi connectivity index (χ4v) is 5.43. The van der Waals surface area contributed by atoms with Gasteiger partial charge in [-0.3, -0.25) is 13.9 Å². The van der Waals surface area contributed by atoms with Crippen LogP contribution in [0.3, 0.4) is 0 Å². The van der Waals surface area contributed by atoms with Crippen LogP contribution in [0.25, 0.3) is 32.9 Å². The average Bonchev–Trinajstić information content (AvgIpc) is 3.03. The van der Waals surface area contributed by atoms with E-state index in [0.717, 1.165) is 4.57 Å². The Labute approximate surface area is 181 Å². The van der Waals surface area contributed by atoms with E-state index in [0.29, 0.717) is 32.1 Å². The minimum atomic E-state index is -0.597. The van der Waals surface area contributed by atoms with E-state index in [-0.39, 0.29) is 33.3 Å². The first-order chi connectivity index (χ1) is 13.7. The molecule has 2 N–H and O–H groups in total. The molecule has 29 heavy (non-hydrogen) atoms. The molecule has 0 aliphatic carbocycles. The van der Waals surface area contributed by atoms with Crippen LogP contribution in [0.15, 0.2) is 24.8 Å². The lowest BCUT2D eigenvalue weighted by Crippen LogP contribution is -2.37. The van der Waals surface area contributed by atoms with Gasteiger partial charge in [-0.05, 0) is 28.4 Å². The number of halogens is 2. The quantitative estimate of drug-likeness (QED) is 0.324. The fraction of sp³-hybridized carbons (Fsp3) is 0.211. The highest BCUT2D eigenvalue weighted by Crippen LogP contribution is 2.49. The molecule has 4 aromatic rings. The molecule has 0 atom stereocenters. The predicted octanol–water partition coefficient (Wildman–Crippen LogP) is 3.90. The zero-order chi connectivity index (χ0) is 21.2. The number of phenolic OH excluding ortho intramolecular Hbond substituents is 2. The topological polar surface area (TPSA) is 97.4 Å². The lowest BCUT2D eigenvalue weighted by Gasteiger charge is -2.16. The average molecular weight is 497 g/mol. The number of aryl methyl sites for hydroxylation is 2. The Balaban J connectivity index is 2.32. The fourth-order valence-electron chi connectivity index (χ4n) is 3.56. The zero-order valence-corrected chi connectivity index (χ0v) is 18.7. The van der Waals surface area contributed by atoms with Crippen molar-refractivity contribution in [3.05, 3.63) is 46.8 Å². The highest BCUT2D eigenvalue weighted by molar-refractivity contribution is 9.11. The van der Waals surface area contributed by atoms with Crippen molar-refractivity contribution in [3.8, 4) is 22.6 Å². The number of pyridine rings is 1. The van der Waals surface area contributed by atoms with Crippen molar-refractivity contribution in [1.82, 2.24) is 14.1 Å². The lowest BCUT2D eigenvalue weighted by atomic mass is 9.97. The van der Waals surface area contributed by atoms with Crippen LogP contribution >= 0.6 is 38.9 Å². The first-order valence-corrected chi connectivity index (χ1v) is 10.6. The van der Waals surface area contributed by atoms with Gasteiger partial charge in [-0.1, -0.05) is 18.5 Å². The maximum atomic E-state index is 12.9. The van der Waals surface area contributed by atoms with E-state index >= 15 is 0 Å². The molecule has 0 radical (unpaired) electrons. The van der Waals surface area contributed by atoms with E-state index in [4.69, 9.17) is 11.6 Å². The van der Waals surface area contributed by atoms with Gasteiger partial charge in [-0.2, -0.15) is 0 Å². The minimum absolute atomic E-state index is 0.0663. The van der Waals surface area contributed by atoms with Gasteiger partial charge < -0.3 is 10.2 Å².